The standard InChI is InChI=1S/C18H16BrN3O4/c1-2-9-26-15-6-4-14(5-7-15)21-17(24)18(25)22-20-11-12-10-13(19)3-8-16(12)23/h2-8,10-11,23H,1,9H2,(H,21,24)(H,22,25)/b20-11-. The molecule has 0 aromatic heterocycles. The van der Waals surface area contributed by atoms with Crippen molar-refractivity contribution < 1.29 is 19.4 Å². The average molecular weight is 418 g/mol. The van der Waals surface area contributed by atoms with Gasteiger partial charge in [-0.3, -0.25) is 9.59 Å². The van der Waals surface area contributed by atoms with Crippen LogP contribution in [0.5, 0.6) is 11.5 Å². The molecule has 0 aliphatic carbocycles. The van der Waals surface area contributed by atoms with Gasteiger partial charge in [-0.25, -0.2) is 5.43 Å². The summed E-state index contributed by atoms with van der Waals surface area (Å²) in [6.07, 6.45) is 2.85. The molecule has 0 aliphatic rings. The molecule has 2 aromatic rings. The van der Waals surface area contributed by atoms with Gasteiger partial charge >= 0.3 is 11.8 Å². The molecule has 0 bridgehead atoms. The Balaban J connectivity index is 1.89. The normalized spacial score (nSPS) is 10.3. The summed E-state index contributed by atoms with van der Waals surface area (Å²) in [7, 11) is 0. The Morgan fingerprint density at radius 1 is 1.19 bits per heavy atom. The lowest BCUT2D eigenvalue weighted by Crippen LogP contribution is -2.32. The van der Waals surface area contributed by atoms with Crippen molar-refractivity contribution in [3.8, 4) is 11.5 Å². The molecular formula is C18H16BrN3O4. The summed E-state index contributed by atoms with van der Waals surface area (Å²) < 4.78 is 6.06. The number of nitrogens with one attached hydrogen (secondary N) is 2. The molecule has 8 heteroatoms. The van der Waals surface area contributed by atoms with Crippen LogP contribution in [0.15, 0.2) is 64.7 Å². The number of aromatic hydroxyl groups is 1. The van der Waals surface area contributed by atoms with Crippen molar-refractivity contribution in [1.82, 2.24) is 5.43 Å². The zero-order valence-corrected chi connectivity index (χ0v) is 15.2. The summed E-state index contributed by atoms with van der Waals surface area (Å²) in [5.74, 6) is -1.21. The number of halogens is 1. The topological polar surface area (TPSA) is 100 Å². The summed E-state index contributed by atoms with van der Waals surface area (Å²) >= 11 is 3.26. The minimum Gasteiger partial charge on any atom is -0.507 e. The van der Waals surface area contributed by atoms with E-state index in [0.29, 0.717) is 23.6 Å². The number of phenols is 1. The maximum Gasteiger partial charge on any atom is 0.329 e. The largest absolute Gasteiger partial charge is 0.507 e. The molecule has 0 radical (unpaired) electrons. The van der Waals surface area contributed by atoms with Gasteiger partial charge in [0.15, 0.2) is 0 Å². The van der Waals surface area contributed by atoms with Gasteiger partial charge in [-0.1, -0.05) is 28.6 Å². The number of anilines is 1. The van der Waals surface area contributed by atoms with E-state index in [4.69, 9.17) is 4.74 Å². The molecule has 2 rings (SSSR count). The number of carbonyl (C=O) groups excluding carboxylic acids is 2. The van der Waals surface area contributed by atoms with Crippen LogP contribution in [0.1, 0.15) is 5.56 Å². The zero-order chi connectivity index (χ0) is 18.9. The van der Waals surface area contributed by atoms with Crippen LogP contribution in [0.2, 0.25) is 0 Å². The second-order valence-electron chi connectivity index (χ2n) is 4.98. The number of rotatable bonds is 6. The van der Waals surface area contributed by atoms with E-state index in [1.54, 1.807) is 42.5 Å². The van der Waals surface area contributed by atoms with Gasteiger partial charge in [0.2, 0.25) is 0 Å². The Morgan fingerprint density at radius 2 is 1.92 bits per heavy atom. The number of ether oxygens (including phenoxy) is 1. The van der Waals surface area contributed by atoms with Gasteiger partial charge in [0.25, 0.3) is 0 Å². The lowest BCUT2D eigenvalue weighted by atomic mass is 10.2. The summed E-state index contributed by atoms with van der Waals surface area (Å²) in [4.78, 5) is 23.6. The Morgan fingerprint density at radius 3 is 2.62 bits per heavy atom. The second kappa shape index (κ2) is 9.38. The van der Waals surface area contributed by atoms with Crippen LogP contribution >= 0.6 is 15.9 Å². The molecule has 7 nitrogen and oxygen atoms in total. The van der Waals surface area contributed by atoms with E-state index in [1.165, 1.54) is 12.3 Å². The minimum absolute atomic E-state index is 0.00517. The van der Waals surface area contributed by atoms with Gasteiger partial charge < -0.3 is 15.2 Å². The highest BCUT2D eigenvalue weighted by atomic mass is 79.9. The highest BCUT2D eigenvalue weighted by molar-refractivity contribution is 9.10. The van der Waals surface area contributed by atoms with Gasteiger partial charge in [-0.2, -0.15) is 5.10 Å². The molecule has 3 N–H and O–H groups in total. The average Bonchev–Trinajstić information content (AvgIpc) is 2.63. The number of carbonyl (C=O) groups is 2. The van der Waals surface area contributed by atoms with E-state index in [9.17, 15) is 14.7 Å². The molecule has 0 heterocycles. The molecule has 2 amide bonds. The maximum absolute atomic E-state index is 11.8. The monoisotopic (exact) mass is 417 g/mol. The first-order valence-corrected chi connectivity index (χ1v) is 8.25. The molecule has 0 unspecified atom stereocenters. The van der Waals surface area contributed by atoms with Gasteiger partial charge in [0.1, 0.15) is 18.1 Å². The fraction of sp³-hybridized carbons (Fsp3) is 0.0556. The third-order valence-electron chi connectivity index (χ3n) is 3.05. The molecule has 0 spiro atoms. The van der Waals surface area contributed by atoms with Crippen molar-refractivity contribution in [1.29, 1.82) is 0 Å². The number of nitrogens with zero attached hydrogens (tertiary/aromatic N) is 1. The Bertz CT molecular complexity index is 835. The van der Waals surface area contributed by atoms with Crippen LogP contribution in [0.25, 0.3) is 0 Å². The van der Waals surface area contributed by atoms with E-state index in [1.807, 2.05) is 0 Å². The molecule has 0 atom stereocenters. The van der Waals surface area contributed by atoms with E-state index in [0.717, 1.165) is 4.47 Å². The lowest BCUT2D eigenvalue weighted by molar-refractivity contribution is -0.136. The number of phenolic OH excluding ortho intramolecular Hbond substituents is 1. The lowest BCUT2D eigenvalue weighted by Gasteiger charge is -2.06. The molecular weight excluding hydrogens is 402 g/mol. The van der Waals surface area contributed by atoms with E-state index in [-0.39, 0.29) is 5.75 Å². The van der Waals surface area contributed by atoms with Gasteiger partial charge in [-0.05, 0) is 42.5 Å². The van der Waals surface area contributed by atoms with E-state index in [2.05, 4.69) is 38.4 Å². The number of benzene rings is 2. The second-order valence-corrected chi connectivity index (χ2v) is 5.90. The van der Waals surface area contributed by atoms with Crippen LogP contribution in [0, 0.1) is 0 Å². The van der Waals surface area contributed by atoms with Crippen LogP contribution in [-0.2, 0) is 9.59 Å². The molecule has 0 saturated carbocycles. The van der Waals surface area contributed by atoms with Gasteiger partial charge in [0.05, 0.1) is 6.21 Å². The molecule has 0 saturated heterocycles. The van der Waals surface area contributed by atoms with Crippen molar-refractivity contribution in [2.75, 3.05) is 11.9 Å². The molecule has 134 valence electrons. The van der Waals surface area contributed by atoms with Crippen molar-refractivity contribution in [3.63, 3.8) is 0 Å². The SMILES string of the molecule is C=CCOc1ccc(NC(=O)C(=O)N/N=C\c2cc(Br)ccc2O)cc1. The Kier molecular flexibility index (Phi) is 6.92. The van der Waals surface area contributed by atoms with Crippen LogP contribution < -0.4 is 15.5 Å². The number of amides is 2. The number of hydrogen-bond acceptors (Lipinski definition) is 5. The van der Waals surface area contributed by atoms with E-state index < -0.39 is 11.8 Å². The van der Waals surface area contributed by atoms with Crippen LogP contribution in [-0.4, -0.2) is 29.7 Å². The summed E-state index contributed by atoms with van der Waals surface area (Å²) in [6.45, 7) is 3.93. The number of hydrogen-bond donors (Lipinski definition) is 3. The van der Waals surface area contributed by atoms with Crippen molar-refractivity contribution in [2.24, 2.45) is 5.10 Å². The number of hydrazone groups is 1. The molecule has 2 aromatic carbocycles. The maximum atomic E-state index is 11.8. The molecule has 26 heavy (non-hydrogen) atoms. The third kappa shape index (κ3) is 5.75. The highest BCUT2D eigenvalue weighted by Crippen LogP contribution is 2.20. The molecule has 0 aliphatic heterocycles. The summed E-state index contributed by atoms with van der Waals surface area (Å²) in [5, 5.41) is 15.8. The minimum atomic E-state index is -0.942. The zero-order valence-electron chi connectivity index (χ0n) is 13.6. The first kappa shape index (κ1) is 19.2. The quantitative estimate of drug-likeness (QED) is 0.291. The third-order valence-corrected chi connectivity index (χ3v) is 3.54. The molecule has 0 fully saturated rings. The fourth-order valence-corrected chi connectivity index (χ4v) is 2.20. The van der Waals surface area contributed by atoms with Crippen molar-refractivity contribution >= 4 is 39.6 Å². The van der Waals surface area contributed by atoms with Crippen LogP contribution in [0.3, 0.4) is 0 Å². The Hall–Kier alpha value is -3.13. The fourth-order valence-electron chi connectivity index (χ4n) is 1.82. The summed E-state index contributed by atoms with van der Waals surface area (Å²) in [5.41, 5.74) is 2.91. The predicted octanol–water partition coefficient (Wildman–Crippen LogP) is 2.81. The van der Waals surface area contributed by atoms with Crippen LogP contribution in [0.4, 0.5) is 5.69 Å². The first-order chi connectivity index (χ1) is 12.5. The van der Waals surface area contributed by atoms with E-state index >= 15 is 0 Å². The van der Waals surface area contributed by atoms with Crippen molar-refractivity contribution in [2.45, 2.75) is 0 Å². The van der Waals surface area contributed by atoms with Gasteiger partial charge in [-0.15, -0.1) is 0 Å². The Labute approximate surface area is 158 Å². The first-order valence-electron chi connectivity index (χ1n) is 7.46. The smallest absolute Gasteiger partial charge is 0.329 e. The van der Waals surface area contributed by atoms with Crippen molar-refractivity contribution in [3.05, 3.63) is 65.2 Å². The van der Waals surface area contributed by atoms with Gasteiger partial charge in [0, 0.05) is 15.7 Å². The predicted molar refractivity (Wildman–Crippen MR) is 102 cm³/mol. The highest BCUT2D eigenvalue weighted by Gasteiger charge is 2.13. The summed E-state index contributed by atoms with van der Waals surface area (Å²) in [6, 6.07) is 11.3.